The van der Waals surface area contributed by atoms with Crippen molar-refractivity contribution in [3.05, 3.63) is 102 Å². The summed E-state index contributed by atoms with van der Waals surface area (Å²) >= 11 is 0. The van der Waals surface area contributed by atoms with E-state index in [-0.39, 0.29) is 17.6 Å². The van der Waals surface area contributed by atoms with E-state index in [1.165, 1.54) is 12.1 Å². The van der Waals surface area contributed by atoms with E-state index in [1.807, 2.05) is 48.5 Å². The summed E-state index contributed by atoms with van der Waals surface area (Å²) in [7, 11) is 1.65. The van der Waals surface area contributed by atoms with Crippen molar-refractivity contribution >= 4 is 16.8 Å². The van der Waals surface area contributed by atoms with Crippen molar-refractivity contribution in [2.24, 2.45) is 0 Å². The molecule has 1 fully saturated rings. The fraction of sp³-hybridized carbons (Fsp3) is 0.323. The first kappa shape index (κ1) is 25.9. The molecule has 0 spiro atoms. The second kappa shape index (κ2) is 12.2. The standard InChI is InChI=1S/C31H34FN3O3/c1-37-26-12-8-24(9-13-26)28(20-31(36)33-14-15-34-16-18-38-19-17-34)29-22-35(30-5-3-2-4-27(29)30)21-23-6-10-25(32)11-7-23/h2-13,22,28H,14-21H2,1H3,(H,33,36)/t28-/m0/s1. The van der Waals surface area contributed by atoms with Crippen LogP contribution in [0, 0.1) is 5.82 Å². The van der Waals surface area contributed by atoms with Gasteiger partial charge in [0.1, 0.15) is 11.6 Å². The second-order valence-corrected chi connectivity index (χ2v) is 9.69. The van der Waals surface area contributed by atoms with E-state index < -0.39 is 0 Å². The molecule has 1 N–H and O–H groups in total. The molecule has 2 heterocycles. The van der Waals surface area contributed by atoms with Crippen LogP contribution in [0.25, 0.3) is 10.9 Å². The molecule has 1 aromatic heterocycles. The normalized spacial score (nSPS) is 14.9. The van der Waals surface area contributed by atoms with Gasteiger partial charge < -0.3 is 19.4 Å². The van der Waals surface area contributed by atoms with Gasteiger partial charge in [0, 0.05) is 62.2 Å². The van der Waals surface area contributed by atoms with Crippen LogP contribution >= 0.6 is 0 Å². The fourth-order valence-electron chi connectivity index (χ4n) is 5.15. The van der Waals surface area contributed by atoms with E-state index in [0.29, 0.717) is 19.5 Å². The van der Waals surface area contributed by atoms with Gasteiger partial charge in [-0.15, -0.1) is 0 Å². The molecule has 5 rings (SSSR count). The summed E-state index contributed by atoms with van der Waals surface area (Å²) in [5, 5.41) is 4.24. The molecule has 6 nitrogen and oxygen atoms in total. The first-order valence-corrected chi connectivity index (χ1v) is 13.1. The molecular weight excluding hydrogens is 481 g/mol. The molecule has 4 aromatic rings. The molecular formula is C31H34FN3O3. The van der Waals surface area contributed by atoms with Crippen molar-refractivity contribution in [3.8, 4) is 5.75 Å². The third-order valence-electron chi connectivity index (χ3n) is 7.22. The summed E-state index contributed by atoms with van der Waals surface area (Å²) in [5.41, 5.74) is 4.24. The molecule has 0 bridgehead atoms. The lowest BCUT2D eigenvalue weighted by Gasteiger charge is -2.26. The van der Waals surface area contributed by atoms with Crippen molar-refractivity contribution in [2.75, 3.05) is 46.5 Å². The quantitative estimate of drug-likeness (QED) is 0.330. The highest BCUT2D eigenvalue weighted by Gasteiger charge is 2.23. The summed E-state index contributed by atoms with van der Waals surface area (Å²) < 4.78 is 26.5. The second-order valence-electron chi connectivity index (χ2n) is 9.69. The van der Waals surface area contributed by atoms with Crippen LogP contribution in [0.15, 0.2) is 79.0 Å². The van der Waals surface area contributed by atoms with Crippen molar-refractivity contribution in [1.82, 2.24) is 14.8 Å². The SMILES string of the molecule is COc1ccc([C@H](CC(=O)NCCN2CCOCC2)c2cn(Cc3ccc(F)cc3)c3ccccc23)cc1. The van der Waals surface area contributed by atoms with Crippen LogP contribution < -0.4 is 10.1 Å². The summed E-state index contributed by atoms with van der Waals surface area (Å²) in [5.74, 6) is 0.422. The molecule has 1 atom stereocenters. The predicted octanol–water partition coefficient (Wildman–Crippen LogP) is 4.81. The number of ether oxygens (including phenoxy) is 2. The lowest BCUT2D eigenvalue weighted by atomic mass is 9.88. The van der Waals surface area contributed by atoms with Gasteiger partial charge in [-0.25, -0.2) is 4.39 Å². The third kappa shape index (κ3) is 6.23. The zero-order chi connectivity index (χ0) is 26.3. The molecule has 0 saturated carbocycles. The Kier molecular flexibility index (Phi) is 8.36. The number of morpholine rings is 1. The molecule has 0 unspecified atom stereocenters. The van der Waals surface area contributed by atoms with Crippen LogP contribution in [0.2, 0.25) is 0 Å². The Morgan fingerprint density at radius 1 is 1.03 bits per heavy atom. The molecule has 7 heteroatoms. The number of carbonyl (C=O) groups is 1. The summed E-state index contributed by atoms with van der Waals surface area (Å²) in [4.78, 5) is 15.5. The molecule has 3 aromatic carbocycles. The highest BCUT2D eigenvalue weighted by Crippen LogP contribution is 2.35. The molecule has 1 saturated heterocycles. The Morgan fingerprint density at radius 3 is 2.50 bits per heavy atom. The van der Waals surface area contributed by atoms with E-state index in [2.05, 4.69) is 33.1 Å². The van der Waals surface area contributed by atoms with E-state index in [0.717, 1.165) is 66.2 Å². The summed E-state index contributed by atoms with van der Waals surface area (Å²) in [6.07, 6.45) is 2.48. The zero-order valence-electron chi connectivity index (χ0n) is 21.7. The number of carbonyl (C=O) groups excluding carboxylic acids is 1. The average Bonchev–Trinajstić information content (AvgIpc) is 3.31. The first-order chi connectivity index (χ1) is 18.6. The topological polar surface area (TPSA) is 55.7 Å². The lowest BCUT2D eigenvalue weighted by Crippen LogP contribution is -2.41. The minimum Gasteiger partial charge on any atom is -0.497 e. The van der Waals surface area contributed by atoms with Crippen molar-refractivity contribution in [3.63, 3.8) is 0 Å². The average molecular weight is 516 g/mol. The van der Waals surface area contributed by atoms with Crippen LogP contribution in [0.1, 0.15) is 29.0 Å². The van der Waals surface area contributed by atoms with Crippen molar-refractivity contribution in [2.45, 2.75) is 18.9 Å². The van der Waals surface area contributed by atoms with Crippen molar-refractivity contribution < 1.29 is 18.7 Å². The maximum Gasteiger partial charge on any atom is 0.220 e. The third-order valence-corrected chi connectivity index (χ3v) is 7.22. The Bertz CT molecular complexity index is 1350. The van der Waals surface area contributed by atoms with Gasteiger partial charge in [-0.2, -0.15) is 0 Å². The van der Waals surface area contributed by atoms with E-state index in [1.54, 1.807) is 7.11 Å². The van der Waals surface area contributed by atoms with E-state index >= 15 is 0 Å². The molecule has 0 aliphatic carbocycles. The maximum atomic E-state index is 13.5. The lowest BCUT2D eigenvalue weighted by molar-refractivity contribution is -0.121. The molecule has 38 heavy (non-hydrogen) atoms. The minimum absolute atomic E-state index is 0.0226. The van der Waals surface area contributed by atoms with Crippen LogP contribution in [-0.4, -0.2) is 61.9 Å². The number of hydrogen-bond donors (Lipinski definition) is 1. The molecule has 1 amide bonds. The highest BCUT2D eigenvalue weighted by atomic mass is 19.1. The number of methoxy groups -OCH3 is 1. The number of halogens is 1. The number of aromatic nitrogens is 1. The number of hydrogen-bond acceptors (Lipinski definition) is 4. The van der Waals surface area contributed by atoms with Crippen LogP contribution in [0.4, 0.5) is 4.39 Å². The molecule has 1 aliphatic rings. The van der Waals surface area contributed by atoms with Gasteiger partial charge in [0.25, 0.3) is 0 Å². The number of nitrogens with one attached hydrogen (secondary N) is 1. The number of para-hydroxylation sites is 1. The predicted molar refractivity (Wildman–Crippen MR) is 147 cm³/mol. The summed E-state index contributed by atoms with van der Waals surface area (Å²) in [6, 6.07) is 22.8. The van der Waals surface area contributed by atoms with Gasteiger partial charge >= 0.3 is 0 Å². The number of rotatable bonds is 10. The molecule has 1 aliphatic heterocycles. The van der Waals surface area contributed by atoms with Gasteiger partial charge in [0.05, 0.1) is 20.3 Å². The zero-order valence-corrected chi connectivity index (χ0v) is 21.7. The Balaban J connectivity index is 1.42. The Morgan fingerprint density at radius 2 is 1.76 bits per heavy atom. The van der Waals surface area contributed by atoms with Gasteiger partial charge in [0.15, 0.2) is 0 Å². The number of nitrogens with zero attached hydrogens (tertiary/aromatic N) is 2. The summed E-state index contributed by atoms with van der Waals surface area (Å²) in [6.45, 7) is 5.34. The van der Waals surface area contributed by atoms with Gasteiger partial charge in [0.2, 0.25) is 5.91 Å². The molecule has 198 valence electrons. The largest absolute Gasteiger partial charge is 0.497 e. The Hall–Kier alpha value is -3.68. The number of fused-ring (bicyclic) bond motifs is 1. The van der Waals surface area contributed by atoms with Crippen LogP contribution in [0.5, 0.6) is 5.75 Å². The fourth-order valence-corrected chi connectivity index (χ4v) is 5.15. The minimum atomic E-state index is -0.244. The molecule has 0 radical (unpaired) electrons. The number of amides is 1. The maximum absolute atomic E-state index is 13.5. The monoisotopic (exact) mass is 515 g/mol. The van der Waals surface area contributed by atoms with Crippen LogP contribution in [-0.2, 0) is 16.1 Å². The van der Waals surface area contributed by atoms with Crippen molar-refractivity contribution in [1.29, 1.82) is 0 Å². The first-order valence-electron chi connectivity index (χ1n) is 13.1. The Labute approximate surface area is 223 Å². The van der Waals surface area contributed by atoms with Gasteiger partial charge in [-0.05, 0) is 47.0 Å². The highest BCUT2D eigenvalue weighted by molar-refractivity contribution is 5.86. The number of benzene rings is 3. The van der Waals surface area contributed by atoms with Gasteiger partial charge in [-0.1, -0.05) is 42.5 Å². The van der Waals surface area contributed by atoms with E-state index in [9.17, 15) is 9.18 Å². The van der Waals surface area contributed by atoms with E-state index in [4.69, 9.17) is 9.47 Å². The van der Waals surface area contributed by atoms with Gasteiger partial charge in [-0.3, -0.25) is 9.69 Å². The smallest absolute Gasteiger partial charge is 0.220 e. The van der Waals surface area contributed by atoms with Crippen LogP contribution in [0.3, 0.4) is 0 Å².